The number of amides is 1. The Balaban J connectivity index is 1.57. The van der Waals surface area contributed by atoms with E-state index in [-0.39, 0.29) is 5.91 Å². The molecule has 1 N–H and O–H groups in total. The van der Waals surface area contributed by atoms with Crippen molar-refractivity contribution in [3.05, 3.63) is 70.1 Å². The Morgan fingerprint density at radius 2 is 1.94 bits per heavy atom. The number of fused-ring (bicyclic) bond motifs is 2. The van der Waals surface area contributed by atoms with Gasteiger partial charge in [-0.25, -0.2) is 4.98 Å². The molecule has 1 aliphatic rings. The number of aromatic nitrogens is 1. The number of ether oxygens (including phenoxy) is 2. The summed E-state index contributed by atoms with van der Waals surface area (Å²) in [5, 5.41) is 14.3. The number of nitrogens with zero attached hydrogens (tertiary/aromatic N) is 2. The van der Waals surface area contributed by atoms with E-state index in [2.05, 4.69) is 18.3 Å². The third-order valence-corrected chi connectivity index (χ3v) is 7.66. The van der Waals surface area contributed by atoms with Gasteiger partial charge in [0, 0.05) is 15.8 Å². The number of carbonyl (C=O) groups is 1. The predicted molar refractivity (Wildman–Crippen MR) is 138 cm³/mol. The summed E-state index contributed by atoms with van der Waals surface area (Å²) < 4.78 is 10.8. The number of rotatable bonds is 5. The molecule has 0 spiro atoms. The van der Waals surface area contributed by atoms with E-state index in [9.17, 15) is 10.1 Å². The molecular formula is C28H25N3O3S. The second kappa shape index (κ2) is 9.40. The van der Waals surface area contributed by atoms with Crippen molar-refractivity contribution in [1.82, 2.24) is 4.98 Å². The molecule has 2 aromatic carbocycles. The Kier molecular flexibility index (Phi) is 6.14. The van der Waals surface area contributed by atoms with E-state index in [0.717, 1.165) is 35.8 Å². The van der Waals surface area contributed by atoms with Gasteiger partial charge in [-0.2, -0.15) is 5.26 Å². The van der Waals surface area contributed by atoms with Crippen molar-refractivity contribution in [2.24, 2.45) is 5.92 Å². The zero-order chi connectivity index (χ0) is 24.5. The Bertz CT molecular complexity index is 1490. The number of hydrogen-bond donors (Lipinski definition) is 1. The van der Waals surface area contributed by atoms with Crippen molar-refractivity contribution < 1.29 is 14.3 Å². The maximum atomic E-state index is 13.6. The lowest BCUT2D eigenvalue weighted by molar-refractivity contribution is 0.102. The van der Waals surface area contributed by atoms with Gasteiger partial charge in [0.05, 0.1) is 36.6 Å². The van der Waals surface area contributed by atoms with Gasteiger partial charge in [0.2, 0.25) is 0 Å². The monoisotopic (exact) mass is 483 g/mol. The molecule has 0 saturated heterocycles. The van der Waals surface area contributed by atoms with Crippen LogP contribution in [0.5, 0.6) is 11.5 Å². The lowest BCUT2D eigenvalue weighted by Crippen LogP contribution is -2.13. The molecule has 7 heteroatoms. The first-order chi connectivity index (χ1) is 17.0. The van der Waals surface area contributed by atoms with Crippen molar-refractivity contribution in [3.63, 3.8) is 0 Å². The highest BCUT2D eigenvalue weighted by Crippen LogP contribution is 2.40. The number of carbonyl (C=O) groups excluding carboxylic acids is 1. The van der Waals surface area contributed by atoms with Crippen LogP contribution in [0.2, 0.25) is 0 Å². The van der Waals surface area contributed by atoms with Crippen molar-refractivity contribution in [1.29, 1.82) is 5.26 Å². The summed E-state index contributed by atoms with van der Waals surface area (Å²) in [7, 11) is 3.18. The first-order valence-electron chi connectivity index (χ1n) is 11.5. The smallest absolute Gasteiger partial charge is 0.257 e. The highest BCUT2D eigenvalue weighted by atomic mass is 32.1. The molecule has 0 fully saturated rings. The molecule has 5 rings (SSSR count). The average Bonchev–Trinajstić information content (AvgIpc) is 3.23. The third-order valence-electron chi connectivity index (χ3n) is 6.49. The Hall–Kier alpha value is -3.89. The number of pyridine rings is 1. The number of nitrogens with one attached hydrogen (secondary N) is 1. The second-order valence-corrected chi connectivity index (χ2v) is 9.87. The van der Waals surface area contributed by atoms with Crippen LogP contribution >= 0.6 is 11.3 Å². The fraction of sp³-hybridized carbons (Fsp3) is 0.250. The predicted octanol–water partition coefficient (Wildman–Crippen LogP) is 6.23. The van der Waals surface area contributed by atoms with E-state index in [1.54, 1.807) is 20.3 Å². The van der Waals surface area contributed by atoms with Crippen LogP contribution in [0.1, 0.15) is 39.7 Å². The molecule has 1 amide bonds. The number of methoxy groups -OCH3 is 2. The molecule has 0 bridgehead atoms. The van der Waals surface area contributed by atoms with Crippen molar-refractivity contribution in [3.8, 4) is 28.8 Å². The molecule has 2 heterocycles. The molecule has 6 nitrogen and oxygen atoms in total. The number of nitriles is 1. The van der Waals surface area contributed by atoms with E-state index in [1.165, 1.54) is 16.2 Å². The van der Waals surface area contributed by atoms with Gasteiger partial charge in [0.25, 0.3) is 5.91 Å². The molecule has 1 aliphatic carbocycles. The van der Waals surface area contributed by atoms with Crippen LogP contribution in [0.3, 0.4) is 0 Å². The molecule has 4 aromatic rings. The lowest BCUT2D eigenvalue weighted by atomic mass is 9.88. The van der Waals surface area contributed by atoms with Gasteiger partial charge in [-0.15, -0.1) is 11.3 Å². The largest absolute Gasteiger partial charge is 0.493 e. The number of anilines is 1. The summed E-state index contributed by atoms with van der Waals surface area (Å²) in [5.41, 5.74) is 4.37. The molecule has 2 aromatic heterocycles. The fourth-order valence-corrected chi connectivity index (χ4v) is 5.99. The topological polar surface area (TPSA) is 84.2 Å². The Labute approximate surface area is 208 Å². The van der Waals surface area contributed by atoms with E-state index in [1.807, 2.05) is 42.5 Å². The second-order valence-electron chi connectivity index (χ2n) is 8.76. The minimum Gasteiger partial charge on any atom is -0.493 e. The Morgan fingerprint density at radius 1 is 1.14 bits per heavy atom. The lowest BCUT2D eigenvalue weighted by Gasteiger charge is -2.17. The number of para-hydroxylation sites is 1. The molecule has 176 valence electrons. The quantitative estimate of drug-likeness (QED) is 0.364. The van der Waals surface area contributed by atoms with Crippen LogP contribution in [0.15, 0.2) is 48.5 Å². The first-order valence-corrected chi connectivity index (χ1v) is 12.3. The molecule has 0 saturated carbocycles. The van der Waals surface area contributed by atoms with Crippen molar-refractivity contribution >= 4 is 33.1 Å². The van der Waals surface area contributed by atoms with Crippen LogP contribution in [-0.4, -0.2) is 25.1 Å². The van der Waals surface area contributed by atoms with Gasteiger partial charge in [0.1, 0.15) is 11.1 Å². The van der Waals surface area contributed by atoms with E-state index < -0.39 is 0 Å². The highest BCUT2D eigenvalue weighted by molar-refractivity contribution is 7.16. The number of thiophene rings is 1. The molecular weight excluding hydrogens is 458 g/mol. The average molecular weight is 484 g/mol. The molecule has 0 aliphatic heterocycles. The number of hydrogen-bond acceptors (Lipinski definition) is 6. The SMILES string of the molecule is COc1ccc(-c2cc(C(=O)Nc3sc4c(c3C#N)CCC(C)C4)c3ccccc3n2)cc1OC. The maximum absolute atomic E-state index is 13.6. The summed E-state index contributed by atoms with van der Waals surface area (Å²) >= 11 is 1.53. The summed E-state index contributed by atoms with van der Waals surface area (Å²) in [6.45, 7) is 2.23. The summed E-state index contributed by atoms with van der Waals surface area (Å²) in [4.78, 5) is 19.6. The van der Waals surface area contributed by atoms with Gasteiger partial charge < -0.3 is 14.8 Å². The summed E-state index contributed by atoms with van der Waals surface area (Å²) in [5.74, 6) is 1.54. The van der Waals surface area contributed by atoms with Crippen LogP contribution in [-0.2, 0) is 12.8 Å². The molecule has 1 unspecified atom stereocenters. The minimum atomic E-state index is -0.256. The summed E-state index contributed by atoms with van der Waals surface area (Å²) in [6.07, 6.45) is 2.90. The van der Waals surface area contributed by atoms with Crippen LogP contribution in [0, 0.1) is 17.2 Å². The summed E-state index contributed by atoms with van der Waals surface area (Å²) in [6, 6.07) is 17.3. The molecule has 1 atom stereocenters. The maximum Gasteiger partial charge on any atom is 0.257 e. The van der Waals surface area contributed by atoms with Crippen LogP contribution < -0.4 is 14.8 Å². The van der Waals surface area contributed by atoms with Gasteiger partial charge in [-0.05, 0) is 61.1 Å². The van der Waals surface area contributed by atoms with Crippen LogP contribution in [0.4, 0.5) is 5.00 Å². The van der Waals surface area contributed by atoms with Crippen LogP contribution in [0.25, 0.3) is 22.2 Å². The molecule has 0 radical (unpaired) electrons. The third kappa shape index (κ3) is 4.22. The molecule has 35 heavy (non-hydrogen) atoms. The fourth-order valence-electron chi connectivity index (χ4n) is 4.63. The first kappa shape index (κ1) is 22.9. The zero-order valence-electron chi connectivity index (χ0n) is 19.8. The van der Waals surface area contributed by atoms with E-state index in [0.29, 0.717) is 44.8 Å². The van der Waals surface area contributed by atoms with Gasteiger partial charge in [-0.3, -0.25) is 4.79 Å². The van der Waals surface area contributed by atoms with Crippen molar-refractivity contribution in [2.75, 3.05) is 19.5 Å². The minimum absolute atomic E-state index is 0.256. The zero-order valence-corrected chi connectivity index (χ0v) is 20.7. The van der Waals surface area contributed by atoms with E-state index in [4.69, 9.17) is 14.5 Å². The van der Waals surface area contributed by atoms with Gasteiger partial charge in [0.15, 0.2) is 11.5 Å². The van der Waals surface area contributed by atoms with Crippen molar-refractivity contribution in [2.45, 2.75) is 26.2 Å². The number of benzene rings is 2. The van der Waals surface area contributed by atoms with Gasteiger partial charge >= 0.3 is 0 Å². The normalized spacial score (nSPS) is 14.7. The standard InChI is InChI=1S/C28H25N3O3S/c1-16-8-10-19-21(15-29)28(35-26(19)12-16)31-27(32)20-14-23(30-22-7-5-4-6-18(20)22)17-9-11-24(33-2)25(13-17)34-3/h4-7,9,11,13-14,16H,8,10,12H2,1-3H3,(H,31,32). The van der Waals surface area contributed by atoms with Gasteiger partial charge in [-0.1, -0.05) is 25.1 Å². The van der Waals surface area contributed by atoms with E-state index >= 15 is 0 Å². The highest BCUT2D eigenvalue weighted by Gasteiger charge is 2.25. The Morgan fingerprint density at radius 3 is 2.71 bits per heavy atom.